The van der Waals surface area contributed by atoms with Crippen molar-refractivity contribution >= 4 is 23.7 Å². The summed E-state index contributed by atoms with van der Waals surface area (Å²) in [6.45, 7) is 14.7. The van der Waals surface area contributed by atoms with Gasteiger partial charge < -0.3 is 14.9 Å². The molecule has 7 heteroatoms. The second-order valence-electron chi connectivity index (χ2n) is 15.9. The van der Waals surface area contributed by atoms with Crippen molar-refractivity contribution in [3.63, 3.8) is 0 Å². The molecule has 0 aromatic heterocycles. The molecule has 0 bridgehead atoms. The van der Waals surface area contributed by atoms with E-state index < -0.39 is 53.0 Å². The largest absolute Gasteiger partial charge is 0.481 e. The molecule has 0 amide bonds. The lowest BCUT2D eigenvalue weighted by Crippen LogP contribution is -2.66. The zero-order valence-electron chi connectivity index (χ0n) is 29.7. The molecule has 4 fully saturated rings. The molecule has 4 saturated carbocycles. The number of carboxylic acid groups (broad SMARTS) is 2. The third-order valence-electron chi connectivity index (χ3n) is 13.6. The van der Waals surface area contributed by atoms with Crippen molar-refractivity contribution in [1.82, 2.24) is 0 Å². The molecular formula is C34H50O7. The molecule has 0 radical (unpaired) electrons. The second kappa shape index (κ2) is 9.41. The maximum absolute atomic E-state index is 14.5. The van der Waals surface area contributed by atoms with Gasteiger partial charge in [-0.3, -0.25) is 19.2 Å². The van der Waals surface area contributed by atoms with Crippen LogP contribution in [0, 0.1) is 50.2 Å². The molecule has 0 aromatic carbocycles. The molecule has 228 valence electrons. The normalized spacial score (nSPS) is 48.8. The lowest BCUT2D eigenvalue weighted by Gasteiger charge is -2.70. The first-order chi connectivity index (χ1) is 20.4. The summed E-state index contributed by atoms with van der Waals surface area (Å²) >= 11 is 0. The number of ether oxygens (including phenoxy) is 1. The number of hydrogen-bond acceptors (Lipinski definition) is 5. The van der Waals surface area contributed by atoms with Crippen LogP contribution in [-0.2, 0) is 23.9 Å². The first kappa shape index (κ1) is 25.3. The fourth-order valence-electron chi connectivity index (χ4n) is 10.8. The number of ketones is 1. The molecule has 0 heterocycles. The Hall–Kier alpha value is -2.18. The molecule has 9 atom stereocenters. The van der Waals surface area contributed by atoms with Crippen molar-refractivity contribution < 1.29 is 39.6 Å². The first-order valence-electron chi connectivity index (χ1n) is 17.3. The number of rotatable bonds is 5. The summed E-state index contributed by atoms with van der Waals surface area (Å²) in [5, 5.41) is 19.4. The van der Waals surface area contributed by atoms with Crippen LogP contribution in [-0.4, -0.2) is 40.0 Å². The highest BCUT2D eigenvalue weighted by atomic mass is 16.5. The standard InChI is InChI=1S/C34H50O7/c1-29(2)23-10-13-34(7)27(32(23,5)12-11-24(29)41-26(38)9-8-25(36)37)22(35)18-20-21-19-31(4,28(39)40)15-14-30(21,3)16-17-33(20,34)6/h18,21,23-24,27H,8-17,19H2,1-7H3,(H,36,37)(H,39,40)/t21-,23-,24-,27+,30+,31-,32-,33+,34+/m0/s1/i8D2,9D2. The molecule has 0 spiro atoms. The minimum absolute atomic E-state index is 0.0203. The summed E-state index contributed by atoms with van der Waals surface area (Å²) in [7, 11) is 0. The summed E-state index contributed by atoms with van der Waals surface area (Å²) in [5.41, 5.74) is -1.55. The summed E-state index contributed by atoms with van der Waals surface area (Å²) < 4.78 is 37.0. The van der Waals surface area contributed by atoms with Gasteiger partial charge in [0, 0.05) is 16.8 Å². The number of allylic oxidation sites excluding steroid dienone is 2. The van der Waals surface area contributed by atoms with Gasteiger partial charge in [0.05, 0.1) is 18.2 Å². The molecule has 2 N–H and O–H groups in total. The van der Waals surface area contributed by atoms with E-state index >= 15 is 0 Å². The van der Waals surface area contributed by atoms with Crippen LogP contribution in [0.4, 0.5) is 0 Å². The minimum Gasteiger partial charge on any atom is -0.481 e. The van der Waals surface area contributed by atoms with Crippen LogP contribution >= 0.6 is 0 Å². The number of carbonyl (C=O) groups excluding carboxylic acids is 2. The van der Waals surface area contributed by atoms with E-state index in [1.165, 1.54) is 0 Å². The maximum Gasteiger partial charge on any atom is 0.309 e. The van der Waals surface area contributed by atoms with Crippen LogP contribution in [0.2, 0.25) is 0 Å². The first-order valence-corrected chi connectivity index (χ1v) is 15.3. The summed E-state index contributed by atoms with van der Waals surface area (Å²) in [4.78, 5) is 51.3. The zero-order valence-corrected chi connectivity index (χ0v) is 25.7. The van der Waals surface area contributed by atoms with Crippen LogP contribution in [0.25, 0.3) is 0 Å². The minimum atomic E-state index is -3.46. The molecule has 5 aliphatic rings. The second-order valence-corrected chi connectivity index (χ2v) is 15.9. The summed E-state index contributed by atoms with van der Waals surface area (Å²) in [5.74, 6) is -4.65. The van der Waals surface area contributed by atoms with Gasteiger partial charge in [-0.15, -0.1) is 0 Å². The van der Waals surface area contributed by atoms with Crippen LogP contribution in [0.15, 0.2) is 11.6 Å². The van der Waals surface area contributed by atoms with Gasteiger partial charge in [-0.1, -0.05) is 47.1 Å². The van der Waals surface area contributed by atoms with Gasteiger partial charge in [-0.25, -0.2) is 0 Å². The Morgan fingerprint density at radius 2 is 1.59 bits per heavy atom. The highest BCUT2D eigenvalue weighted by molar-refractivity contribution is 5.95. The fraction of sp³-hybridized carbons (Fsp3) is 0.824. The molecule has 0 saturated heterocycles. The van der Waals surface area contributed by atoms with E-state index in [4.69, 9.17) is 10.2 Å². The Morgan fingerprint density at radius 1 is 0.927 bits per heavy atom. The van der Waals surface area contributed by atoms with Crippen LogP contribution in [0.5, 0.6) is 0 Å². The average Bonchev–Trinajstić information content (AvgIpc) is 2.92. The Labute approximate surface area is 250 Å². The van der Waals surface area contributed by atoms with E-state index in [-0.39, 0.29) is 39.8 Å². The SMILES string of the molecule is [2H]C([2H])(C(=O)O)C([2H])([2H])C(=O)O[C@H]1CC[C@]2(C)[C@H]3C(=O)C=C4[C@@H]5C[C@@](C)(C(=O)O)CC[C@]5(C)CC[C@@]4(C)[C@]3(C)CC[C@H]2C1(C)C. The Balaban J connectivity index is 1.49. The van der Waals surface area contributed by atoms with Crippen molar-refractivity contribution in [2.75, 3.05) is 0 Å². The lowest BCUT2D eigenvalue weighted by atomic mass is 9.33. The van der Waals surface area contributed by atoms with Crippen LogP contribution in [0.1, 0.15) is 124 Å². The predicted octanol–water partition coefficient (Wildman–Crippen LogP) is 6.83. The number of carboxylic acids is 2. The molecule has 5 rings (SSSR count). The smallest absolute Gasteiger partial charge is 0.309 e. The van der Waals surface area contributed by atoms with E-state index in [0.717, 1.165) is 37.7 Å². The monoisotopic (exact) mass is 574 g/mol. The van der Waals surface area contributed by atoms with Crippen LogP contribution < -0.4 is 0 Å². The number of aliphatic carboxylic acids is 2. The number of hydrogen-bond donors (Lipinski definition) is 2. The van der Waals surface area contributed by atoms with E-state index in [0.29, 0.717) is 25.7 Å². The molecular weight excluding hydrogens is 520 g/mol. The third kappa shape index (κ3) is 4.25. The van der Waals surface area contributed by atoms with Crippen molar-refractivity contribution in [3.05, 3.63) is 11.6 Å². The molecule has 0 unspecified atom stereocenters. The van der Waals surface area contributed by atoms with Gasteiger partial charge in [-0.05, 0) is 104 Å². The number of esters is 1. The highest BCUT2D eigenvalue weighted by Crippen LogP contribution is 2.75. The Morgan fingerprint density at radius 3 is 2.22 bits per heavy atom. The quantitative estimate of drug-likeness (QED) is 0.346. The van der Waals surface area contributed by atoms with E-state index in [9.17, 15) is 29.4 Å². The average molecular weight is 575 g/mol. The van der Waals surface area contributed by atoms with E-state index in [1.54, 1.807) is 0 Å². The van der Waals surface area contributed by atoms with Gasteiger partial charge in [0.2, 0.25) is 0 Å². The van der Waals surface area contributed by atoms with Crippen molar-refractivity contribution in [2.45, 2.75) is 125 Å². The summed E-state index contributed by atoms with van der Waals surface area (Å²) in [6.07, 6.45) is 0.530. The highest BCUT2D eigenvalue weighted by Gasteiger charge is 2.70. The van der Waals surface area contributed by atoms with Crippen LogP contribution in [0.3, 0.4) is 0 Å². The maximum atomic E-state index is 14.5. The predicted molar refractivity (Wildman–Crippen MR) is 154 cm³/mol. The van der Waals surface area contributed by atoms with Gasteiger partial charge in [-0.2, -0.15) is 0 Å². The Kier molecular flexibility index (Phi) is 5.81. The van der Waals surface area contributed by atoms with Gasteiger partial charge >= 0.3 is 17.9 Å². The Bertz CT molecular complexity index is 1370. The third-order valence-corrected chi connectivity index (χ3v) is 13.6. The number of carbonyl (C=O) groups is 4. The van der Waals surface area contributed by atoms with Crippen molar-refractivity contribution in [3.8, 4) is 0 Å². The molecule has 0 aliphatic heterocycles. The zero-order chi connectivity index (χ0) is 34.0. The molecule has 41 heavy (non-hydrogen) atoms. The lowest BCUT2D eigenvalue weighted by molar-refractivity contribution is -0.211. The van der Waals surface area contributed by atoms with Gasteiger partial charge in [0.1, 0.15) is 6.10 Å². The van der Waals surface area contributed by atoms with E-state index in [1.807, 2.05) is 26.8 Å². The number of fused-ring (bicyclic) bond motifs is 7. The van der Waals surface area contributed by atoms with Gasteiger partial charge in [0.25, 0.3) is 0 Å². The topological polar surface area (TPSA) is 118 Å². The van der Waals surface area contributed by atoms with Crippen molar-refractivity contribution in [1.29, 1.82) is 0 Å². The van der Waals surface area contributed by atoms with E-state index in [2.05, 4.69) is 27.7 Å². The molecule has 0 aromatic rings. The van der Waals surface area contributed by atoms with Crippen molar-refractivity contribution in [2.24, 2.45) is 50.2 Å². The fourth-order valence-corrected chi connectivity index (χ4v) is 10.8. The van der Waals surface area contributed by atoms with Gasteiger partial charge in [0.15, 0.2) is 5.78 Å². The summed E-state index contributed by atoms with van der Waals surface area (Å²) in [6, 6.07) is 0. The molecule has 5 aliphatic carbocycles. The molecule has 7 nitrogen and oxygen atoms in total.